The number of hydrogen-bond donors (Lipinski definition) is 1. The molecule has 1 aliphatic rings. The van der Waals surface area contributed by atoms with Gasteiger partial charge < -0.3 is 34.8 Å². The minimum absolute atomic E-state index is 0.00978. The van der Waals surface area contributed by atoms with Crippen LogP contribution < -0.4 is 20.4 Å². The van der Waals surface area contributed by atoms with E-state index in [1.807, 2.05) is 4.90 Å². The van der Waals surface area contributed by atoms with Crippen LogP contribution in [0.2, 0.25) is 0 Å². The van der Waals surface area contributed by atoms with E-state index >= 15 is 0 Å². The maximum atomic E-state index is 11.7. The molecule has 0 saturated carbocycles. The number of aliphatic carboxylic acids is 1. The summed E-state index contributed by atoms with van der Waals surface area (Å²) in [5, 5.41) is 24.3. The molecule has 24 heavy (non-hydrogen) atoms. The van der Waals surface area contributed by atoms with Crippen molar-refractivity contribution in [1.29, 1.82) is 0 Å². The Hall–Kier alpha value is -2.61. The number of carbonyl (C=O) groups is 3. The number of benzene rings is 1. The van der Waals surface area contributed by atoms with Crippen molar-refractivity contribution in [3.05, 3.63) is 23.8 Å². The molecule has 0 aliphatic carbocycles. The lowest BCUT2D eigenvalue weighted by Crippen LogP contribution is -2.38. The van der Waals surface area contributed by atoms with Crippen LogP contribution in [-0.2, 0) is 14.3 Å². The molecule has 2 rings (SSSR count). The summed E-state index contributed by atoms with van der Waals surface area (Å²) < 4.78 is 5.24. The molecule has 8 nitrogen and oxygen atoms in total. The Balaban J connectivity index is 2.06. The van der Waals surface area contributed by atoms with Gasteiger partial charge in [-0.05, 0) is 31.0 Å². The monoisotopic (exact) mass is 334 g/mol. The lowest BCUT2D eigenvalue weighted by atomic mass is 10.1. The van der Waals surface area contributed by atoms with Gasteiger partial charge in [0.05, 0.1) is 19.2 Å². The van der Waals surface area contributed by atoms with E-state index in [9.17, 15) is 24.6 Å². The maximum absolute atomic E-state index is 11.7. The Bertz CT molecular complexity index is 625. The Labute approximate surface area is 139 Å². The van der Waals surface area contributed by atoms with Crippen molar-refractivity contribution in [2.45, 2.75) is 19.3 Å². The molecule has 130 valence electrons. The molecule has 0 spiro atoms. The second-order valence-electron chi connectivity index (χ2n) is 5.39. The first-order valence-corrected chi connectivity index (χ1v) is 7.65. The molecule has 1 heterocycles. The third-order valence-corrected chi connectivity index (χ3v) is 3.64. The second-order valence-corrected chi connectivity index (χ2v) is 5.39. The highest BCUT2D eigenvalue weighted by atomic mass is 16.5. The van der Waals surface area contributed by atoms with Crippen LogP contribution in [0, 0.1) is 0 Å². The smallest absolute Gasteiger partial charge is 0.224 e. The fourth-order valence-corrected chi connectivity index (χ4v) is 2.47. The van der Waals surface area contributed by atoms with Crippen molar-refractivity contribution in [2.24, 2.45) is 0 Å². The van der Waals surface area contributed by atoms with Crippen LogP contribution in [-0.4, -0.2) is 44.1 Å². The quantitative estimate of drug-likeness (QED) is 0.661. The molecule has 0 bridgehead atoms. The lowest BCUT2D eigenvalue weighted by Gasteiger charge is -2.31. The molecule has 0 atom stereocenters. The molecule has 0 unspecified atom stereocenters. The summed E-state index contributed by atoms with van der Waals surface area (Å²) in [6, 6.07) is 4.57. The van der Waals surface area contributed by atoms with Crippen LogP contribution in [0.4, 0.5) is 11.4 Å². The number of carboxylic acid groups (broad SMARTS) is 2. The van der Waals surface area contributed by atoms with Crippen LogP contribution in [0.25, 0.3) is 0 Å². The van der Waals surface area contributed by atoms with Gasteiger partial charge in [0.1, 0.15) is 0 Å². The molecular formula is C16H18N2O6-2. The van der Waals surface area contributed by atoms with Gasteiger partial charge in [0.25, 0.3) is 0 Å². The molecule has 1 N–H and O–H groups in total. The van der Waals surface area contributed by atoms with Crippen molar-refractivity contribution in [1.82, 2.24) is 0 Å². The molecular weight excluding hydrogens is 316 g/mol. The van der Waals surface area contributed by atoms with Crippen molar-refractivity contribution in [3.63, 3.8) is 0 Å². The maximum Gasteiger partial charge on any atom is 0.224 e. The highest BCUT2D eigenvalue weighted by molar-refractivity contribution is 5.97. The van der Waals surface area contributed by atoms with Gasteiger partial charge in [-0.25, -0.2) is 0 Å². The summed E-state index contributed by atoms with van der Waals surface area (Å²) in [7, 11) is 0. The molecule has 1 saturated heterocycles. The van der Waals surface area contributed by atoms with E-state index in [-0.39, 0.29) is 30.7 Å². The Morgan fingerprint density at radius 3 is 2.46 bits per heavy atom. The van der Waals surface area contributed by atoms with Crippen molar-refractivity contribution >= 4 is 29.2 Å². The SMILES string of the molecule is O=C([O-])CCCC(=O)Nc1ccc(N2CCOCC2)c(C(=O)[O-])c1. The summed E-state index contributed by atoms with van der Waals surface area (Å²) in [4.78, 5) is 35.3. The number of anilines is 2. The van der Waals surface area contributed by atoms with Gasteiger partial charge in [0, 0.05) is 42.4 Å². The average Bonchev–Trinajstić information content (AvgIpc) is 2.55. The van der Waals surface area contributed by atoms with Crippen LogP contribution in [0.3, 0.4) is 0 Å². The summed E-state index contributed by atoms with van der Waals surface area (Å²) in [5.41, 5.74) is 0.836. The number of aromatic carboxylic acids is 1. The number of nitrogens with zero attached hydrogens (tertiary/aromatic N) is 1. The first kappa shape index (κ1) is 17.7. The van der Waals surface area contributed by atoms with Crippen LogP contribution in [0.1, 0.15) is 29.6 Å². The van der Waals surface area contributed by atoms with Crippen molar-refractivity contribution in [2.75, 3.05) is 36.5 Å². The van der Waals surface area contributed by atoms with E-state index in [1.54, 1.807) is 12.1 Å². The van der Waals surface area contributed by atoms with E-state index in [0.717, 1.165) is 0 Å². The molecule has 1 amide bonds. The van der Waals surface area contributed by atoms with Gasteiger partial charge in [0.15, 0.2) is 0 Å². The molecule has 8 heteroatoms. The van der Waals surface area contributed by atoms with Crippen LogP contribution in [0.15, 0.2) is 18.2 Å². The van der Waals surface area contributed by atoms with E-state index in [4.69, 9.17) is 4.74 Å². The topological polar surface area (TPSA) is 122 Å². The van der Waals surface area contributed by atoms with Crippen molar-refractivity contribution < 1.29 is 29.3 Å². The largest absolute Gasteiger partial charge is 0.550 e. The molecule has 1 aromatic carbocycles. The first-order valence-electron chi connectivity index (χ1n) is 7.65. The highest BCUT2D eigenvalue weighted by Crippen LogP contribution is 2.25. The second kappa shape index (κ2) is 8.30. The number of nitrogens with one attached hydrogen (secondary N) is 1. The third-order valence-electron chi connectivity index (χ3n) is 3.64. The van der Waals surface area contributed by atoms with Gasteiger partial charge in [-0.15, -0.1) is 0 Å². The summed E-state index contributed by atoms with van der Waals surface area (Å²) in [5.74, 6) is -2.93. The Morgan fingerprint density at radius 1 is 1.12 bits per heavy atom. The molecule has 1 aromatic rings. The number of ether oxygens (including phenoxy) is 1. The molecule has 1 aliphatic heterocycles. The summed E-state index contributed by atoms with van der Waals surface area (Å²) in [6.45, 7) is 2.19. The normalized spacial score (nSPS) is 14.2. The zero-order chi connectivity index (χ0) is 17.5. The van der Waals surface area contributed by atoms with Gasteiger partial charge in [-0.2, -0.15) is 0 Å². The fraction of sp³-hybridized carbons (Fsp3) is 0.438. The lowest BCUT2D eigenvalue weighted by molar-refractivity contribution is -0.305. The predicted molar refractivity (Wildman–Crippen MR) is 81.3 cm³/mol. The average molecular weight is 334 g/mol. The first-order chi connectivity index (χ1) is 11.5. The highest BCUT2D eigenvalue weighted by Gasteiger charge is 2.16. The van der Waals surface area contributed by atoms with E-state index in [2.05, 4.69) is 5.32 Å². The van der Waals surface area contributed by atoms with Crippen LogP contribution >= 0.6 is 0 Å². The number of carboxylic acids is 2. The molecule has 0 aromatic heterocycles. The number of carbonyl (C=O) groups excluding carboxylic acids is 3. The van der Waals surface area contributed by atoms with Gasteiger partial charge in [0.2, 0.25) is 5.91 Å². The molecule has 1 fully saturated rings. The zero-order valence-corrected chi connectivity index (χ0v) is 13.1. The van der Waals surface area contributed by atoms with Gasteiger partial charge >= 0.3 is 0 Å². The van der Waals surface area contributed by atoms with Crippen molar-refractivity contribution in [3.8, 4) is 0 Å². The van der Waals surface area contributed by atoms with E-state index in [1.165, 1.54) is 6.07 Å². The van der Waals surface area contributed by atoms with Crippen LogP contribution in [0.5, 0.6) is 0 Å². The Kier molecular flexibility index (Phi) is 6.14. The van der Waals surface area contributed by atoms with Gasteiger partial charge in [-0.3, -0.25) is 4.79 Å². The van der Waals surface area contributed by atoms with Gasteiger partial charge in [-0.1, -0.05) is 0 Å². The minimum atomic E-state index is -1.33. The third kappa shape index (κ3) is 4.95. The fourth-order valence-electron chi connectivity index (χ4n) is 2.47. The minimum Gasteiger partial charge on any atom is -0.550 e. The number of morpholine rings is 1. The number of rotatable bonds is 7. The zero-order valence-electron chi connectivity index (χ0n) is 13.1. The summed E-state index contributed by atoms with van der Waals surface area (Å²) in [6.07, 6.45) is -0.0269. The Morgan fingerprint density at radius 2 is 1.83 bits per heavy atom. The predicted octanol–water partition coefficient (Wildman–Crippen LogP) is -1.25. The number of amides is 1. The number of hydrogen-bond acceptors (Lipinski definition) is 7. The standard InChI is InChI=1S/C16H20N2O6/c19-14(2-1-3-15(20)21)17-11-4-5-13(12(10-11)16(22)23)18-6-8-24-9-7-18/h4-5,10H,1-3,6-9H2,(H,17,19)(H,20,21)(H,22,23)/p-2. The van der Waals surface area contributed by atoms with E-state index < -0.39 is 11.9 Å². The van der Waals surface area contributed by atoms with E-state index in [0.29, 0.717) is 37.7 Å². The molecule has 0 radical (unpaired) electrons. The summed E-state index contributed by atoms with van der Waals surface area (Å²) >= 11 is 0.